The summed E-state index contributed by atoms with van der Waals surface area (Å²) in [5.74, 6) is 0.176. The summed E-state index contributed by atoms with van der Waals surface area (Å²) < 4.78 is 4.76. The molecule has 0 unspecified atom stereocenters. The first-order chi connectivity index (χ1) is 6.36. The third kappa shape index (κ3) is 1.58. The van der Waals surface area contributed by atoms with Gasteiger partial charge in [-0.2, -0.15) is 0 Å². The van der Waals surface area contributed by atoms with Crippen LogP contribution in [0, 0.1) is 0 Å². The molecule has 0 saturated heterocycles. The Bertz CT molecular complexity index is 377. The molecule has 2 aromatic rings. The van der Waals surface area contributed by atoms with Crippen molar-refractivity contribution in [3.05, 3.63) is 36.5 Å². The van der Waals surface area contributed by atoms with Crippen LogP contribution in [-0.2, 0) is 0 Å². The molecule has 2 aromatic heterocycles. The second-order valence-electron chi connectivity index (χ2n) is 2.40. The number of nitrogens with zero attached hydrogens (tertiary/aromatic N) is 1. The monoisotopic (exact) mass is 177 g/mol. The van der Waals surface area contributed by atoms with E-state index in [1.54, 1.807) is 18.5 Å². The SMILES string of the molecule is O=C(Nc1ncc[nH]1)c1ccoc1. The number of carbonyl (C=O) groups is 1. The summed E-state index contributed by atoms with van der Waals surface area (Å²) in [7, 11) is 0. The minimum atomic E-state index is -0.247. The smallest absolute Gasteiger partial charge is 0.261 e. The first kappa shape index (κ1) is 7.60. The van der Waals surface area contributed by atoms with Gasteiger partial charge in [-0.25, -0.2) is 4.98 Å². The number of carbonyl (C=O) groups excluding carboxylic acids is 1. The van der Waals surface area contributed by atoms with E-state index in [0.717, 1.165) is 0 Å². The fraction of sp³-hybridized carbons (Fsp3) is 0. The molecule has 5 heteroatoms. The number of aromatic nitrogens is 2. The molecule has 0 bridgehead atoms. The van der Waals surface area contributed by atoms with Gasteiger partial charge < -0.3 is 9.40 Å². The normalized spacial score (nSPS) is 9.85. The third-order valence-electron chi connectivity index (χ3n) is 1.51. The van der Waals surface area contributed by atoms with E-state index in [9.17, 15) is 4.79 Å². The van der Waals surface area contributed by atoms with Gasteiger partial charge in [-0.05, 0) is 6.07 Å². The highest BCUT2D eigenvalue weighted by atomic mass is 16.3. The van der Waals surface area contributed by atoms with Crippen molar-refractivity contribution in [1.29, 1.82) is 0 Å². The molecule has 0 aromatic carbocycles. The highest BCUT2D eigenvalue weighted by Crippen LogP contribution is 2.03. The van der Waals surface area contributed by atoms with Gasteiger partial charge in [0.1, 0.15) is 6.26 Å². The second-order valence-corrected chi connectivity index (χ2v) is 2.40. The van der Waals surface area contributed by atoms with Crippen molar-refractivity contribution in [3.8, 4) is 0 Å². The van der Waals surface area contributed by atoms with Gasteiger partial charge in [0.05, 0.1) is 11.8 Å². The number of rotatable bonds is 2. The van der Waals surface area contributed by atoms with Gasteiger partial charge in [0.25, 0.3) is 5.91 Å². The van der Waals surface area contributed by atoms with Crippen LogP contribution in [0.1, 0.15) is 10.4 Å². The van der Waals surface area contributed by atoms with E-state index in [-0.39, 0.29) is 5.91 Å². The van der Waals surface area contributed by atoms with Gasteiger partial charge in [0.15, 0.2) is 0 Å². The lowest BCUT2D eigenvalue weighted by Crippen LogP contribution is -2.11. The van der Waals surface area contributed by atoms with Crippen LogP contribution in [0.2, 0.25) is 0 Å². The van der Waals surface area contributed by atoms with Crippen molar-refractivity contribution in [3.63, 3.8) is 0 Å². The van der Waals surface area contributed by atoms with E-state index >= 15 is 0 Å². The number of hydrogen-bond acceptors (Lipinski definition) is 3. The van der Waals surface area contributed by atoms with Gasteiger partial charge in [-0.1, -0.05) is 0 Å². The number of imidazole rings is 1. The van der Waals surface area contributed by atoms with Crippen molar-refractivity contribution in [2.45, 2.75) is 0 Å². The average molecular weight is 177 g/mol. The molecule has 0 aliphatic heterocycles. The number of furan rings is 1. The van der Waals surface area contributed by atoms with Crippen LogP contribution < -0.4 is 5.32 Å². The molecule has 13 heavy (non-hydrogen) atoms. The summed E-state index contributed by atoms with van der Waals surface area (Å²) in [6, 6.07) is 1.58. The summed E-state index contributed by atoms with van der Waals surface area (Å²) in [5.41, 5.74) is 0.469. The number of nitrogens with one attached hydrogen (secondary N) is 2. The van der Waals surface area contributed by atoms with E-state index in [4.69, 9.17) is 4.42 Å². The molecule has 1 amide bonds. The fourth-order valence-electron chi connectivity index (χ4n) is 0.907. The van der Waals surface area contributed by atoms with Gasteiger partial charge in [0.2, 0.25) is 5.95 Å². The quantitative estimate of drug-likeness (QED) is 0.725. The van der Waals surface area contributed by atoms with E-state index in [1.807, 2.05) is 0 Å². The van der Waals surface area contributed by atoms with Crippen LogP contribution >= 0.6 is 0 Å². The largest absolute Gasteiger partial charge is 0.472 e. The highest BCUT2D eigenvalue weighted by molar-refractivity contribution is 6.02. The molecule has 0 saturated carbocycles. The van der Waals surface area contributed by atoms with Crippen LogP contribution in [0.3, 0.4) is 0 Å². The molecule has 66 valence electrons. The van der Waals surface area contributed by atoms with Crippen molar-refractivity contribution < 1.29 is 9.21 Å². The molecular formula is C8H7N3O2. The average Bonchev–Trinajstić information content (AvgIpc) is 2.74. The van der Waals surface area contributed by atoms with Gasteiger partial charge in [-0.15, -0.1) is 0 Å². The highest BCUT2D eigenvalue weighted by Gasteiger charge is 2.07. The van der Waals surface area contributed by atoms with Crippen LogP contribution in [0.25, 0.3) is 0 Å². The maximum Gasteiger partial charge on any atom is 0.261 e. The van der Waals surface area contributed by atoms with E-state index in [2.05, 4.69) is 15.3 Å². The molecule has 2 rings (SSSR count). The molecule has 5 nitrogen and oxygen atoms in total. The van der Waals surface area contributed by atoms with Crippen LogP contribution in [0.5, 0.6) is 0 Å². The second kappa shape index (κ2) is 3.14. The molecular weight excluding hydrogens is 170 g/mol. The van der Waals surface area contributed by atoms with Gasteiger partial charge >= 0.3 is 0 Å². The number of hydrogen-bond donors (Lipinski definition) is 2. The molecule has 0 radical (unpaired) electrons. The lowest BCUT2D eigenvalue weighted by atomic mass is 10.3. The first-order valence-electron chi connectivity index (χ1n) is 3.69. The standard InChI is InChI=1S/C8H7N3O2/c12-7(6-1-4-13-5-6)11-8-9-2-3-10-8/h1-5H,(H2,9,10,11,12). The summed E-state index contributed by atoms with van der Waals surface area (Å²) in [6.45, 7) is 0. The van der Waals surface area contributed by atoms with Crippen molar-refractivity contribution in [2.24, 2.45) is 0 Å². The zero-order chi connectivity index (χ0) is 9.10. The summed E-state index contributed by atoms with van der Waals surface area (Å²) in [5, 5.41) is 2.56. The Labute approximate surface area is 73.8 Å². The zero-order valence-electron chi connectivity index (χ0n) is 6.65. The first-order valence-corrected chi connectivity index (χ1v) is 3.69. The van der Waals surface area contributed by atoms with Crippen molar-refractivity contribution in [1.82, 2.24) is 9.97 Å². The lowest BCUT2D eigenvalue weighted by Gasteiger charge is -1.96. The Morgan fingerprint density at radius 3 is 3.15 bits per heavy atom. The Morgan fingerprint density at radius 1 is 1.62 bits per heavy atom. The molecule has 2 heterocycles. The lowest BCUT2D eigenvalue weighted by molar-refractivity contribution is 0.102. The van der Waals surface area contributed by atoms with E-state index in [0.29, 0.717) is 11.5 Å². The molecule has 0 spiro atoms. The maximum absolute atomic E-state index is 11.3. The zero-order valence-corrected chi connectivity index (χ0v) is 6.65. The third-order valence-corrected chi connectivity index (χ3v) is 1.51. The molecule has 2 N–H and O–H groups in total. The molecule has 0 aliphatic carbocycles. The fourth-order valence-corrected chi connectivity index (χ4v) is 0.907. The maximum atomic E-state index is 11.3. The molecule has 0 aliphatic rings. The van der Waals surface area contributed by atoms with E-state index in [1.165, 1.54) is 12.5 Å². The number of H-pyrrole nitrogens is 1. The molecule has 0 atom stereocenters. The minimum Gasteiger partial charge on any atom is -0.472 e. The minimum absolute atomic E-state index is 0.247. The number of anilines is 1. The Kier molecular flexibility index (Phi) is 1.84. The van der Waals surface area contributed by atoms with Crippen LogP contribution in [0.15, 0.2) is 35.4 Å². The number of amides is 1. The van der Waals surface area contributed by atoms with E-state index < -0.39 is 0 Å². The van der Waals surface area contributed by atoms with Crippen LogP contribution in [0.4, 0.5) is 5.95 Å². The Balaban J connectivity index is 2.08. The van der Waals surface area contributed by atoms with Gasteiger partial charge in [0, 0.05) is 12.4 Å². The predicted octanol–water partition coefficient (Wildman–Crippen LogP) is 1.25. The summed E-state index contributed by atoms with van der Waals surface area (Å²) >= 11 is 0. The molecule has 0 fully saturated rings. The predicted molar refractivity (Wildman–Crippen MR) is 45.2 cm³/mol. The Morgan fingerprint density at radius 2 is 2.54 bits per heavy atom. The van der Waals surface area contributed by atoms with Crippen molar-refractivity contribution in [2.75, 3.05) is 5.32 Å². The topological polar surface area (TPSA) is 70.9 Å². The number of aromatic amines is 1. The van der Waals surface area contributed by atoms with Crippen LogP contribution in [-0.4, -0.2) is 15.9 Å². The summed E-state index contributed by atoms with van der Waals surface area (Å²) in [6.07, 6.45) is 6.01. The van der Waals surface area contributed by atoms with Gasteiger partial charge in [-0.3, -0.25) is 10.1 Å². The van der Waals surface area contributed by atoms with Crippen molar-refractivity contribution >= 4 is 11.9 Å². The summed E-state index contributed by atoms with van der Waals surface area (Å²) in [4.78, 5) is 17.9. The Hall–Kier alpha value is -2.04.